The van der Waals surface area contributed by atoms with Gasteiger partial charge >= 0.3 is 11.1 Å². The summed E-state index contributed by atoms with van der Waals surface area (Å²) in [6, 6.07) is 1.17. The van der Waals surface area contributed by atoms with Gasteiger partial charge in [0.15, 0.2) is 5.65 Å². The second-order valence-corrected chi connectivity index (χ2v) is 5.02. The van der Waals surface area contributed by atoms with Crippen molar-refractivity contribution >= 4 is 36.0 Å². The van der Waals surface area contributed by atoms with Crippen molar-refractivity contribution in [3.05, 3.63) is 38.8 Å². The predicted molar refractivity (Wildman–Crippen MR) is 86.8 cm³/mol. The largest absolute Gasteiger partial charge is 0.318 e. The molecule has 1 N–H and O–H groups in total. The van der Waals surface area contributed by atoms with Crippen molar-refractivity contribution in [1.29, 1.82) is 0 Å². The number of rotatable bonds is 1. The number of aryl methyl sites for hydroxylation is 1. The van der Waals surface area contributed by atoms with Gasteiger partial charge in [0.2, 0.25) is 0 Å². The molecule has 0 aromatic carbocycles. The molecule has 0 aliphatic carbocycles. The second kappa shape index (κ2) is 7.21. The Labute approximate surface area is 138 Å². The van der Waals surface area contributed by atoms with E-state index in [1.807, 2.05) is 0 Å². The summed E-state index contributed by atoms with van der Waals surface area (Å²) < 4.78 is 15.9. The molecule has 1 aliphatic heterocycles. The van der Waals surface area contributed by atoms with Crippen LogP contribution in [-0.4, -0.2) is 27.2 Å². The Morgan fingerprint density at radius 2 is 1.86 bits per heavy atom. The fraction of sp³-hybridized carbons (Fsp3) is 0.462. The molecule has 22 heavy (non-hydrogen) atoms. The van der Waals surface area contributed by atoms with E-state index in [4.69, 9.17) is 0 Å². The van der Waals surface area contributed by atoms with Crippen molar-refractivity contribution in [2.75, 3.05) is 13.1 Å². The number of fused-ring (bicyclic) bond motifs is 1. The molecule has 3 rings (SSSR count). The van der Waals surface area contributed by atoms with E-state index < -0.39 is 16.9 Å². The highest BCUT2D eigenvalue weighted by Crippen LogP contribution is 2.20. The maximum atomic E-state index is 13.3. The summed E-state index contributed by atoms with van der Waals surface area (Å²) >= 11 is 0. The van der Waals surface area contributed by atoms with E-state index in [9.17, 15) is 14.0 Å². The Hall–Kier alpha value is -1.44. The number of halogens is 3. The number of piperidine rings is 1. The van der Waals surface area contributed by atoms with Gasteiger partial charge in [-0.2, -0.15) is 0 Å². The van der Waals surface area contributed by atoms with Crippen molar-refractivity contribution in [3.8, 4) is 0 Å². The molecule has 0 amide bonds. The van der Waals surface area contributed by atoms with Crippen LogP contribution in [0.5, 0.6) is 0 Å². The summed E-state index contributed by atoms with van der Waals surface area (Å²) in [5, 5.41) is 3.21. The van der Waals surface area contributed by atoms with Crippen LogP contribution in [0.1, 0.15) is 18.9 Å². The molecule has 6 nitrogen and oxygen atoms in total. The first-order valence-corrected chi connectivity index (χ1v) is 6.57. The molecule has 1 saturated heterocycles. The van der Waals surface area contributed by atoms with Crippen molar-refractivity contribution in [2.45, 2.75) is 18.9 Å². The monoisotopic (exact) mass is 350 g/mol. The minimum Gasteiger partial charge on any atom is -0.317 e. The summed E-state index contributed by atoms with van der Waals surface area (Å²) in [4.78, 5) is 28.3. The standard InChI is InChI=1S/C13H15FN4O2.2ClH/c1-17-10-6-8(14)7-16-11(10)18(13(20)12(17)19)9-2-4-15-5-3-9;;/h6-7,9,15H,2-5H2,1H3;2*1H. The lowest BCUT2D eigenvalue weighted by Gasteiger charge is -2.25. The van der Waals surface area contributed by atoms with Crippen molar-refractivity contribution in [1.82, 2.24) is 19.4 Å². The van der Waals surface area contributed by atoms with Crippen LogP contribution in [0, 0.1) is 5.82 Å². The SMILES string of the molecule is Cl.Cl.Cn1c(=O)c(=O)n(C2CCNCC2)c2ncc(F)cc21. The molecule has 0 spiro atoms. The van der Waals surface area contributed by atoms with Crippen molar-refractivity contribution < 1.29 is 4.39 Å². The van der Waals surface area contributed by atoms with Crippen LogP contribution in [0.4, 0.5) is 4.39 Å². The number of hydrogen-bond acceptors (Lipinski definition) is 4. The van der Waals surface area contributed by atoms with Gasteiger partial charge in [-0.3, -0.25) is 14.2 Å². The average Bonchev–Trinajstić information content (AvgIpc) is 2.47. The quantitative estimate of drug-likeness (QED) is 0.779. The summed E-state index contributed by atoms with van der Waals surface area (Å²) in [6.07, 6.45) is 2.58. The minimum absolute atomic E-state index is 0. The highest BCUT2D eigenvalue weighted by molar-refractivity contribution is 5.85. The maximum Gasteiger partial charge on any atom is 0.318 e. The highest BCUT2D eigenvalue weighted by atomic mass is 35.5. The zero-order valence-electron chi connectivity index (χ0n) is 11.9. The van der Waals surface area contributed by atoms with Gasteiger partial charge in [0.05, 0.1) is 11.7 Å². The lowest BCUT2D eigenvalue weighted by molar-refractivity contribution is 0.365. The van der Waals surface area contributed by atoms with Gasteiger partial charge in [0.1, 0.15) is 5.82 Å². The fourth-order valence-electron chi connectivity index (χ4n) is 2.71. The summed E-state index contributed by atoms with van der Waals surface area (Å²) in [6.45, 7) is 1.57. The Morgan fingerprint density at radius 1 is 1.23 bits per heavy atom. The first-order chi connectivity index (χ1) is 9.59. The summed E-state index contributed by atoms with van der Waals surface area (Å²) in [5.74, 6) is -0.525. The third-order valence-electron chi connectivity index (χ3n) is 3.78. The average molecular weight is 351 g/mol. The molecule has 1 fully saturated rings. The van der Waals surface area contributed by atoms with Crippen molar-refractivity contribution in [3.63, 3.8) is 0 Å². The van der Waals surface area contributed by atoms with Gasteiger partial charge < -0.3 is 9.88 Å². The third kappa shape index (κ3) is 3.02. The van der Waals surface area contributed by atoms with E-state index >= 15 is 0 Å². The van der Waals surface area contributed by atoms with Crippen LogP contribution in [0.25, 0.3) is 11.2 Å². The molecule has 9 heteroatoms. The Kier molecular flexibility index (Phi) is 6.10. The normalized spacial score (nSPS) is 15.2. The smallest absolute Gasteiger partial charge is 0.317 e. The van der Waals surface area contributed by atoms with Gasteiger partial charge in [-0.15, -0.1) is 24.8 Å². The molecule has 2 aromatic heterocycles. The number of aromatic nitrogens is 3. The molecule has 3 heterocycles. The molecule has 2 aromatic rings. The molecule has 0 unspecified atom stereocenters. The van der Waals surface area contributed by atoms with E-state index in [0.29, 0.717) is 11.2 Å². The molecule has 0 saturated carbocycles. The molecular weight excluding hydrogens is 334 g/mol. The van der Waals surface area contributed by atoms with Crippen LogP contribution in [0.15, 0.2) is 21.9 Å². The topological polar surface area (TPSA) is 68.9 Å². The summed E-state index contributed by atoms with van der Waals surface area (Å²) in [5.41, 5.74) is -0.534. The zero-order valence-corrected chi connectivity index (χ0v) is 13.5. The third-order valence-corrected chi connectivity index (χ3v) is 3.78. The van der Waals surface area contributed by atoms with Gasteiger partial charge in [0, 0.05) is 19.2 Å². The first-order valence-electron chi connectivity index (χ1n) is 6.57. The van der Waals surface area contributed by atoms with Gasteiger partial charge in [0.25, 0.3) is 0 Å². The zero-order chi connectivity index (χ0) is 14.3. The van der Waals surface area contributed by atoms with E-state index in [1.54, 1.807) is 0 Å². The van der Waals surface area contributed by atoms with Crippen LogP contribution in [0.2, 0.25) is 0 Å². The van der Waals surface area contributed by atoms with Gasteiger partial charge in [-0.05, 0) is 25.9 Å². The molecule has 122 valence electrons. The molecule has 0 radical (unpaired) electrons. The molecule has 1 aliphatic rings. The Morgan fingerprint density at radius 3 is 2.50 bits per heavy atom. The van der Waals surface area contributed by atoms with E-state index in [-0.39, 0.29) is 30.9 Å². The predicted octanol–water partition coefficient (Wildman–Crippen LogP) is 1.00. The number of pyridine rings is 1. The lowest BCUT2D eigenvalue weighted by Crippen LogP contribution is -2.44. The van der Waals surface area contributed by atoms with Gasteiger partial charge in [-0.1, -0.05) is 0 Å². The first kappa shape index (κ1) is 18.6. The Bertz CT molecular complexity index is 784. The summed E-state index contributed by atoms with van der Waals surface area (Å²) in [7, 11) is 1.46. The lowest BCUT2D eigenvalue weighted by atomic mass is 10.1. The van der Waals surface area contributed by atoms with Crippen LogP contribution in [-0.2, 0) is 7.05 Å². The Balaban J connectivity index is 0.00000121. The van der Waals surface area contributed by atoms with Gasteiger partial charge in [-0.25, -0.2) is 9.37 Å². The maximum absolute atomic E-state index is 13.3. The van der Waals surface area contributed by atoms with Crippen molar-refractivity contribution in [2.24, 2.45) is 7.05 Å². The molecular formula is C13H17Cl2FN4O2. The van der Waals surface area contributed by atoms with Crippen LogP contribution in [0.3, 0.4) is 0 Å². The van der Waals surface area contributed by atoms with Crippen LogP contribution < -0.4 is 16.4 Å². The van der Waals surface area contributed by atoms with E-state index in [0.717, 1.165) is 36.7 Å². The second-order valence-electron chi connectivity index (χ2n) is 5.02. The molecule has 0 bridgehead atoms. The number of nitrogens with zero attached hydrogens (tertiary/aromatic N) is 3. The number of nitrogens with one attached hydrogen (secondary N) is 1. The van der Waals surface area contributed by atoms with Crippen LogP contribution >= 0.6 is 24.8 Å². The minimum atomic E-state index is -0.650. The van der Waals surface area contributed by atoms with E-state index in [2.05, 4.69) is 10.3 Å². The number of hydrogen-bond donors (Lipinski definition) is 1. The van der Waals surface area contributed by atoms with E-state index in [1.165, 1.54) is 17.7 Å². The highest BCUT2D eigenvalue weighted by Gasteiger charge is 2.21. The molecule has 0 atom stereocenters. The fourth-order valence-corrected chi connectivity index (χ4v) is 2.71.